The predicted molar refractivity (Wildman–Crippen MR) is 132 cm³/mol. The zero-order chi connectivity index (χ0) is 21.1. The van der Waals surface area contributed by atoms with Gasteiger partial charge in [-0.3, -0.25) is 4.90 Å². The first-order valence-electron chi connectivity index (χ1n) is 10.0. The maximum absolute atomic E-state index is 5.97. The molecule has 0 bridgehead atoms. The van der Waals surface area contributed by atoms with Crippen LogP contribution in [-0.4, -0.2) is 40.8 Å². The summed E-state index contributed by atoms with van der Waals surface area (Å²) in [7, 11) is 0. The predicted octanol–water partition coefficient (Wildman–Crippen LogP) is 5.40. The zero-order valence-electron chi connectivity index (χ0n) is 16.8. The van der Waals surface area contributed by atoms with Crippen LogP contribution >= 0.6 is 47.4 Å². The average Bonchev–Trinajstić information content (AvgIpc) is 3.18. The van der Waals surface area contributed by atoms with Crippen LogP contribution in [-0.2, 0) is 24.4 Å². The molecule has 1 fully saturated rings. The van der Waals surface area contributed by atoms with Crippen LogP contribution in [0.5, 0.6) is 0 Å². The number of aromatic nitrogens is 1. The van der Waals surface area contributed by atoms with Crippen LogP contribution in [0.25, 0.3) is 10.2 Å². The van der Waals surface area contributed by atoms with E-state index < -0.39 is 0 Å². The number of morpholine rings is 1. The number of aryl methyl sites for hydroxylation is 1. The molecular weight excluding hydrogens is 454 g/mol. The molecule has 3 aromatic rings. The van der Waals surface area contributed by atoms with Gasteiger partial charge in [0.1, 0.15) is 9.82 Å². The van der Waals surface area contributed by atoms with E-state index in [1.165, 1.54) is 9.71 Å². The molecular formula is C22H24ClN3OS3. The normalized spacial score (nSPS) is 14.9. The zero-order valence-corrected chi connectivity index (χ0v) is 20.0. The lowest BCUT2D eigenvalue weighted by Gasteiger charge is -2.25. The fourth-order valence-corrected chi connectivity index (χ4v) is 5.59. The van der Waals surface area contributed by atoms with E-state index in [-0.39, 0.29) is 0 Å². The number of benzene rings is 1. The molecule has 1 saturated heterocycles. The summed E-state index contributed by atoms with van der Waals surface area (Å²) in [4.78, 5) is 5.67. The highest BCUT2D eigenvalue weighted by Gasteiger charge is 2.16. The van der Waals surface area contributed by atoms with Crippen LogP contribution in [0, 0.1) is 4.51 Å². The lowest BCUT2D eigenvalue weighted by Crippen LogP contribution is -2.35. The molecule has 2 aromatic heterocycles. The standard InChI is InChI=1S/C22H24ClN3OS3/c1-2-26-14-19(21(29)24-12-15-3-5-16(23)6-4-15)20(28)18-11-17(30-22(18)26)13-25-7-9-27-10-8-25/h3-6,11,14H,2,7-10,12-13H2,1H3,(H,24,29). The van der Waals surface area contributed by atoms with Crippen molar-refractivity contribution in [1.29, 1.82) is 0 Å². The van der Waals surface area contributed by atoms with Crippen LogP contribution in [0.3, 0.4) is 0 Å². The van der Waals surface area contributed by atoms with Gasteiger partial charge in [0.2, 0.25) is 0 Å². The number of rotatable bonds is 6. The van der Waals surface area contributed by atoms with Crippen LogP contribution in [0.15, 0.2) is 36.5 Å². The van der Waals surface area contributed by atoms with Gasteiger partial charge in [-0.05, 0) is 30.7 Å². The smallest absolute Gasteiger partial charge is 0.109 e. The van der Waals surface area contributed by atoms with Crippen LogP contribution in [0.4, 0.5) is 0 Å². The van der Waals surface area contributed by atoms with Crippen molar-refractivity contribution in [2.45, 2.75) is 26.6 Å². The third kappa shape index (κ3) is 4.93. The summed E-state index contributed by atoms with van der Waals surface area (Å²) in [6, 6.07) is 10.0. The van der Waals surface area contributed by atoms with Crippen molar-refractivity contribution < 1.29 is 4.74 Å². The SMILES string of the molecule is CCn1cc(C(=S)NCc2ccc(Cl)cc2)c(=S)c2cc(CN3CCOCC3)sc21. The maximum Gasteiger partial charge on any atom is 0.109 e. The summed E-state index contributed by atoms with van der Waals surface area (Å²) in [6.07, 6.45) is 2.09. The highest BCUT2D eigenvalue weighted by atomic mass is 35.5. The number of fused-ring (bicyclic) bond motifs is 1. The first-order valence-corrected chi connectivity index (χ1v) is 12.0. The van der Waals surface area contributed by atoms with Gasteiger partial charge in [-0.2, -0.15) is 0 Å². The van der Waals surface area contributed by atoms with Gasteiger partial charge in [-0.1, -0.05) is 48.2 Å². The van der Waals surface area contributed by atoms with Gasteiger partial charge in [-0.15, -0.1) is 11.3 Å². The van der Waals surface area contributed by atoms with Gasteiger partial charge in [0.25, 0.3) is 0 Å². The van der Waals surface area contributed by atoms with Crippen molar-refractivity contribution in [2.75, 3.05) is 26.3 Å². The summed E-state index contributed by atoms with van der Waals surface area (Å²) in [5.74, 6) is 0. The fourth-order valence-electron chi connectivity index (χ4n) is 3.56. The van der Waals surface area contributed by atoms with Crippen LogP contribution in [0.1, 0.15) is 22.9 Å². The first kappa shape index (κ1) is 21.9. The van der Waals surface area contributed by atoms with E-state index in [9.17, 15) is 0 Å². The number of hydrogen-bond acceptors (Lipinski definition) is 5. The largest absolute Gasteiger partial charge is 0.379 e. The van der Waals surface area contributed by atoms with Gasteiger partial charge in [0.05, 0.1) is 17.7 Å². The molecule has 1 aromatic carbocycles. The van der Waals surface area contributed by atoms with Crippen LogP contribution in [0.2, 0.25) is 5.02 Å². The van der Waals surface area contributed by atoms with Crippen molar-refractivity contribution in [3.05, 3.63) is 62.1 Å². The minimum atomic E-state index is 0.640. The van der Waals surface area contributed by atoms with Gasteiger partial charge >= 0.3 is 0 Å². The second-order valence-corrected chi connectivity index (χ2v) is 9.66. The van der Waals surface area contributed by atoms with E-state index in [1.54, 1.807) is 0 Å². The summed E-state index contributed by atoms with van der Waals surface area (Å²) in [6.45, 7) is 8.18. The average molecular weight is 478 g/mol. The Morgan fingerprint density at radius 1 is 1.23 bits per heavy atom. The molecule has 4 rings (SSSR count). The number of pyridine rings is 1. The Bertz CT molecular complexity index is 1100. The van der Waals surface area contributed by atoms with Crippen LogP contribution < -0.4 is 5.32 Å². The van der Waals surface area contributed by atoms with Crippen molar-refractivity contribution >= 4 is 62.6 Å². The highest BCUT2D eigenvalue weighted by molar-refractivity contribution is 7.80. The Morgan fingerprint density at radius 3 is 2.67 bits per heavy atom. The molecule has 158 valence electrons. The Labute approximate surface area is 196 Å². The van der Waals surface area contributed by atoms with Crippen molar-refractivity contribution in [3.8, 4) is 0 Å². The molecule has 0 saturated carbocycles. The summed E-state index contributed by atoms with van der Waals surface area (Å²) in [5.41, 5.74) is 2.04. The van der Waals surface area contributed by atoms with Crippen molar-refractivity contribution in [2.24, 2.45) is 0 Å². The molecule has 0 aliphatic carbocycles. The second kappa shape index (κ2) is 9.85. The van der Waals surface area contributed by atoms with E-state index in [2.05, 4.69) is 34.0 Å². The van der Waals surface area contributed by atoms with E-state index in [0.29, 0.717) is 11.5 Å². The Balaban J connectivity index is 1.58. The van der Waals surface area contributed by atoms with Gasteiger partial charge in [0, 0.05) is 59.8 Å². The quantitative estimate of drug-likeness (QED) is 0.480. The molecule has 0 spiro atoms. The Kier molecular flexibility index (Phi) is 7.18. The molecule has 0 atom stereocenters. The molecule has 1 aliphatic heterocycles. The molecule has 1 aliphatic rings. The van der Waals surface area contributed by atoms with E-state index in [0.717, 1.165) is 65.4 Å². The number of nitrogens with one attached hydrogen (secondary N) is 1. The monoisotopic (exact) mass is 477 g/mol. The van der Waals surface area contributed by atoms with Gasteiger partial charge < -0.3 is 14.6 Å². The second-order valence-electron chi connectivity index (χ2n) is 7.29. The summed E-state index contributed by atoms with van der Waals surface area (Å²) < 4.78 is 8.55. The van der Waals surface area contributed by atoms with E-state index in [1.807, 2.05) is 35.6 Å². The number of ether oxygens (including phenoxy) is 1. The van der Waals surface area contributed by atoms with Crippen molar-refractivity contribution in [3.63, 3.8) is 0 Å². The molecule has 0 amide bonds. The number of thiophene rings is 1. The molecule has 8 heteroatoms. The molecule has 30 heavy (non-hydrogen) atoms. The van der Waals surface area contributed by atoms with E-state index in [4.69, 9.17) is 40.8 Å². The van der Waals surface area contributed by atoms with E-state index >= 15 is 0 Å². The number of hydrogen-bond donors (Lipinski definition) is 1. The number of nitrogens with zero attached hydrogens (tertiary/aromatic N) is 2. The highest BCUT2D eigenvalue weighted by Crippen LogP contribution is 2.30. The Morgan fingerprint density at radius 2 is 1.97 bits per heavy atom. The van der Waals surface area contributed by atoms with Gasteiger partial charge in [0.15, 0.2) is 0 Å². The topological polar surface area (TPSA) is 29.4 Å². The molecule has 1 N–H and O–H groups in total. The Hall–Kier alpha value is -1.35. The van der Waals surface area contributed by atoms with Gasteiger partial charge in [-0.25, -0.2) is 0 Å². The third-order valence-electron chi connectivity index (χ3n) is 5.23. The molecule has 0 radical (unpaired) electrons. The summed E-state index contributed by atoms with van der Waals surface area (Å²) >= 11 is 19.4. The molecule has 3 heterocycles. The third-order valence-corrected chi connectivity index (χ3v) is 7.45. The fraction of sp³-hybridized carbons (Fsp3) is 0.364. The lowest BCUT2D eigenvalue weighted by molar-refractivity contribution is 0.0346. The maximum atomic E-state index is 5.97. The minimum Gasteiger partial charge on any atom is -0.379 e. The minimum absolute atomic E-state index is 0.640. The summed E-state index contributed by atoms with van der Waals surface area (Å²) in [5, 5.41) is 5.20. The first-order chi connectivity index (χ1) is 14.5. The molecule has 0 unspecified atom stereocenters. The lowest BCUT2D eigenvalue weighted by atomic mass is 10.2. The number of thiocarbonyl (C=S) groups is 1. The number of halogens is 1. The van der Waals surface area contributed by atoms with Crippen molar-refractivity contribution in [1.82, 2.24) is 14.8 Å². The molecule has 4 nitrogen and oxygen atoms in total.